The van der Waals surface area contributed by atoms with Crippen molar-refractivity contribution in [2.45, 2.75) is 13.0 Å². The second kappa shape index (κ2) is 6.99. The van der Waals surface area contributed by atoms with Crippen molar-refractivity contribution >= 4 is 5.91 Å². The first kappa shape index (κ1) is 15.2. The second-order valence-corrected chi connectivity index (χ2v) is 5.03. The molecule has 0 radical (unpaired) electrons. The van der Waals surface area contributed by atoms with Crippen molar-refractivity contribution in [3.63, 3.8) is 0 Å². The first-order valence-corrected chi connectivity index (χ1v) is 6.89. The first-order chi connectivity index (χ1) is 10.1. The Hall–Kier alpha value is -2.20. The summed E-state index contributed by atoms with van der Waals surface area (Å²) in [6.07, 6.45) is 0.799. The highest BCUT2D eigenvalue weighted by atomic mass is 19.1. The van der Waals surface area contributed by atoms with Gasteiger partial charge in [-0.3, -0.25) is 4.79 Å². The molecule has 110 valence electrons. The third-order valence-electron chi connectivity index (χ3n) is 3.29. The quantitative estimate of drug-likeness (QED) is 0.918. The van der Waals surface area contributed by atoms with Gasteiger partial charge in [-0.2, -0.15) is 0 Å². The summed E-state index contributed by atoms with van der Waals surface area (Å²) in [7, 11) is 1.71. The molecule has 0 aliphatic heterocycles. The molecule has 0 bridgehead atoms. The van der Waals surface area contributed by atoms with E-state index in [9.17, 15) is 9.18 Å². The zero-order chi connectivity index (χ0) is 15.2. The minimum Gasteiger partial charge on any atom is -0.337 e. The van der Waals surface area contributed by atoms with E-state index >= 15 is 0 Å². The molecule has 2 rings (SSSR count). The number of benzene rings is 2. The van der Waals surface area contributed by atoms with Crippen LogP contribution in [0.1, 0.15) is 21.5 Å². The summed E-state index contributed by atoms with van der Waals surface area (Å²) in [6, 6.07) is 13.7. The Labute approximate surface area is 124 Å². The van der Waals surface area contributed by atoms with E-state index in [0.717, 1.165) is 17.5 Å². The van der Waals surface area contributed by atoms with Gasteiger partial charge in [0, 0.05) is 19.2 Å². The van der Waals surface area contributed by atoms with E-state index in [4.69, 9.17) is 5.73 Å². The van der Waals surface area contributed by atoms with E-state index < -0.39 is 0 Å². The molecule has 0 spiro atoms. The van der Waals surface area contributed by atoms with Crippen LogP contribution < -0.4 is 5.73 Å². The van der Waals surface area contributed by atoms with Crippen molar-refractivity contribution in [2.24, 2.45) is 5.73 Å². The van der Waals surface area contributed by atoms with Crippen LogP contribution in [-0.4, -0.2) is 24.4 Å². The van der Waals surface area contributed by atoms with Crippen molar-refractivity contribution in [1.82, 2.24) is 4.90 Å². The second-order valence-electron chi connectivity index (χ2n) is 5.03. The van der Waals surface area contributed by atoms with Crippen LogP contribution in [0.2, 0.25) is 0 Å². The Bertz CT molecular complexity index is 610. The summed E-state index contributed by atoms with van der Waals surface area (Å²) in [5.41, 5.74) is 8.00. The summed E-state index contributed by atoms with van der Waals surface area (Å²) in [5, 5.41) is 0. The molecule has 0 aliphatic carbocycles. The van der Waals surface area contributed by atoms with Crippen molar-refractivity contribution in [1.29, 1.82) is 0 Å². The van der Waals surface area contributed by atoms with Crippen LogP contribution in [0.15, 0.2) is 48.5 Å². The molecule has 1 amide bonds. The lowest BCUT2D eigenvalue weighted by molar-refractivity contribution is 0.0785. The number of nitrogens with zero attached hydrogens (tertiary/aromatic N) is 1. The average Bonchev–Trinajstić information content (AvgIpc) is 2.47. The number of halogens is 1. The Kier molecular flexibility index (Phi) is 5.06. The molecule has 0 saturated heterocycles. The molecule has 0 unspecified atom stereocenters. The summed E-state index contributed by atoms with van der Waals surface area (Å²) < 4.78 is 13.1. The van der Waals surface area contributed by atoms with Gasteiger partial charge in [-0.15, -0.1) is 0 Å². The van der Waals surface area contributed by atoms with Crippen LogP contribution in [-0.2, 0) is 13.0 Å². The Balaban J connectivity index is 2.04. The van der Waals surface area contributed by atoms with Gasteiger partial charge in [-0.05, 0) is 48.4 Å². The van der Waals surface area contributed by atoms with Gasteiger partial charge in [-0.25, -0.2) is 4.39 Å². The van der Waals surface area contributed by atoms with Gasteiger partial charge in [0.1, 0.15) is 5.82 Å². The molecule has 3 nitrogen and oxygen atoms in total. The lowest BCUT2D eigenvalue weighted by Crippen LogP contribution is -2.26. The lowest BCUT2D eigenvalue weighted by Gasteiger charge is -2.17. The molecular formula is C17H19FN2O. The van der Waals surface area contributed by atoms with Crippen LogP contribution in [0.4, 0.5) is 4.39 Å². The minimum atomic E-state index is -0.292. The highest BCUT2D eigenvalue weighted by Crippen LogP contribution is 2.11. The SMILES string of the molecule is CN(Cc1cccc(F)c1)C(=O)c1ccc(CCN)cc1. The third kappa shape index (κ3) is 4.13. The topological polar surface area (TPSA) is 46.3 Å². The lowest BCUT2D eigenvalue weighted by atomic mass is 10.1. The molecule has 4 heteroatoms. The van der Waals surface area contributed by atoms with Crippen LogP contribution in [0.5, 0.6) is 0 Å². The molecule has 0 fully saturated rings. The van der Waals surface area contributed by atoms with Crippen molar-refractivity contribution < 1.29 is 9.18 Å². The molecule has 0 atom stereocenters. The summed E-state index contributed by atoms with van der Waals surface area (Å²) >= 11 is 0. The smallest absolute Gasteiger partial charge is 0.253 e. The van der Waals surface area contributed by atoms with Gasteiger partial charge in [0.2, 0.25) is 0 Å². The van der Waals surface area contributed by atoms with Crippen LogP contribution in [0.25, 0.3) is 0 Å². The predicted octanol–water partition coefficient (Wildman–Crippen LogP) is 2.60. The van der Waals surface area contributed by atoms with Crippen molar-refractivity contribution in [3.05, 3.63) is 71.0 Å². The van der Waals surface area contributed by atoms with Crippen LogP contribution in [0, 0.1) is 5.82 Å². The average molecular weight is 286 g/mol. The van der Waals surface area contributed by atoms with Crippen LogP contribution >= 0.6 is 0 Å². The van der Waals surface area contributed by atoms with Gasteiger partial charge in [-0.1, -0.05) is 24.3 Å². The van der Waals surface area contributed by atoms with E-state index in [1.54, 1.807) is 36.2 Å². The number of amides is 1. The van der Waals surface area contributed by atoms with Crippen molar-refractivity contribution in [3.8, 4) is 0 Å². The summed E-state index contributed by atoms with van der Waals surface area (Å²) in [6.45, 7) is 0.966. The van der Waals surface area contributed by atoms with Gasteiger partial charge in [0.05, 0.1) is 0 Å². The van der Waals surface area contributed by atoms with E-state index in [1.807, 2.05) is 12.1 Å². The van der Waals surface area contributed by atoms with Gasteiger partial charge < -0.3 is 10.6 Å². The number of hydrogen-bond acceptors (Lipinski definition) is 2. The zero-order valence-electron chi connectivity index (χ0n) is 12.1. The van der Waals surface area contributed by atoms with E-state index in [-0.39, 0.29) is 11.7 Å². The summed E-state index contributed by atoms with van der Waals surface area (Å²) in [4.78, 5) is 13.9. The molecule has 0 saturated carbocycles. The Morgan fingerprint density at radius 3 is 2.48 bits per heavy atom. The molecule has 21 heavy (non-hydrogen) atoms. The fourth-order valence-electron chi connectivity index (χ4n) is 2.18. The maximum absolute atomic E-state index is 13.1. The molecule has 2 aromatic carbocycles. The van der Waals surface area contributed by atoms with Gasteiger partial charge in [0.15, 0.2) is 0 Å². The standard InChI is InChI=1S/C17H19FN2O/c1-20(12-14-3-2-4-16(18)11-14)17(21)15-7-5-13(6-8-15)9-10-19/h2-8,11H,9-10,12,19H2,1H3. The number of nitrogens with two attached hydrogens (primary N) is 1. The Morgan fingerprint density at radius 2 is 1.86 bits per heavy atom. The number of carbonyl (C=O) groups is 1. The highest BCUT2D eigenvalue weighted by molar-refractivity contribution is 5.94. The highest BCUT2D eigenvalue weighted by Gasteiger charge is 2.12. The maximum Gasteiger partial charge on any atom is 0.253 e. The molecule has 0 aliphatic rings. The third-order valence-corrected chi connectivity index (χ3v) is 3.29. The number of carbonyl (C=O) groups excluding carboxylic acids is 1. The number of rotatable bonds is 5. The normalized spacial score (nSPS) is 10.4. The molecule has 0 heterocycles. The monoisotopic (exact) mass is 286 g/mol. The fraction of sp³-hybridized carbons (Fsp3) is 0.235. The van der Waals surface area contributed by atoms with Gasteiger partial charge in [0.25, 0.3) is 5.91 Å². The van der Waals surface area contributed by atoms with Crippen LogP contribution in [0.3, 0.4) is 0 Å². The van der Waals surface area contributed by atoms with Crippen molar-refractivity contribution in [2.75, 3.05) is 13.6 Å². The van der Waals surface area contributed by atoms with E-state index in [0.29, 0.717) is 18.7 Å². The number of hydrogen-bond donors (Lipinski definition) is 1. The molecule has 0 aromatic heterocycles. The van der Waals surface area contributed by atoms with E-state index in [1.165, 1.54) is 12.1 Å². The molecule has 2 aromatic rings. The summed E-state index contributed by atoms with van der Waals surface area (Å²) in [5.74, 6) is -0.377. The van der Waals surface area contributed by atoms with E-state index in [2.05, 4.69) is 0 Å². The fourth-order valence-corrected chi connectivity index (χ4v) is 2.18. The zero-order valence-corrected chi connectivity index (χ0v) is 12.1. The molecule has 2 N–H and O–H groups in total. The largest absolute Gasteiger partial charge is 0.337 e. The minimum absolute atomic E-state index is 0.0847. The van der Waals surface area contributed by atoms with Gasteiger partial charge >= 0.3 is 0 Å². The Morgan fingerprint density at radius 1 is 1.14 bits per heavy atom. The first-order valence-electron chi connectivity index (χ1n) is 6.89. The maximum atomic E-state index is 13.1. The molecular weight excluding hydrogens is 267 g/mol. The predicted molar refractivity (Wildman–Crippen MR) is 81.4 cm³/mol.